The standard InChI is InChI=1S/C27H35BrFN5O2S/c1-20(2)12-13-33(37(35,36)25-10-8-22(28)9-11-25)19-26-21(3)30-34(24-7-5-6-23(29)18-24)27(26)32-16-14-31(4)15-17-32/h5-11,18,20H,12-17,19H2,1-4H3. The van der Waals surface area contributed by atoms with E-state index in [0.717, 1.165) is 54.1 Å². The zero-order chi connectivity index (χ0) is 26.7. The quantitative estimate of drug-likeness (QED) is 0.347. The van der Waals surface area contributed by atoms with Crippen molar-refractivity contribution >= 4 is 31.8 Å². The second-order valence-electron chi connectivity index (χ2n) is 10.0. The first-order valence-corrected chi connectivity index (χ1v) is 14.8. The van der Waals surface area contributed by atoms with Gasteiger partial charge in [-0.2, -0.15) is 9.40 Å². The fourth-order valence-electron chi connectivity index (χ4n) is 4.48. The van der Waals surface area contributed by atoms with E-state index in [1.54, 1.807) is 39.3 Å². The van der Waals surface area contributed by atoms with Crippen LogP contribution >= 0.6 is 15.9 Å². The van der Waals surface area contributed by atoms with Crippen LogP contribution in [0.4, 0.5) is 10.2 Å². The topological polar surface area (TPSA) is 61.7 Å². The van der Waals surface area contributed by atoms with Gasteiger partial charge in [0.05, 0.1) is 16.3 Å². The number of likely N-dealkylation sites (N-methyl/N-ethyl adjacent to an activating group) is 1. The summed E-state index contributed by atoms with van der Waals surface area (Å²) in [5, 5.41) is 4.80. The summed E-state index contributed by atoms with van der Waals surface area (Å²) in [7, 11) is -1.67. The maximum Gasteiger partial charge on any atom is 0.243 e. The molecule has 4 rings (SSSR count). The van der Waals surface area contributed by atoms with E-state index < -0.39 is 10.0 Å². The van der Waals surface area contributed by atoms with Crippen molar-refractivity contribution in [3.05, 3.63) is 70.1 Å². The lowest BCUT2D eigenvalue weighted by Crippen LogP contribution is -2.45. The first-order valence-electron chi connectivity index (χ1n) is 12.6. The summed E-state index contributed by atoms with van der Waals surface area (Å²) >= 11 is 3.40. The summed E-state index contributed by atoms with van der Waals surface area (Å²) in [5.74, 6) is 0.834. The number of piperazine rings is 1. The van der Waals surface area contributed by atoms with Crippen molar-refractivity contribution in [2.24, 2.45) is 5.92 Å². The number of aromatic nitrogens is 2. The highest BCUT2D eigenvalue weighted by Crippen LogP contribution is 2.32. The number of sulfonamides is 1. The molecule has 200 valence electrons. The second-order valence-corrected chi connectivity index (χ2v) is 12.9. The summed E-state index contributed by atoms with van der Waals surface area (Å²) < 4.78 is 46.0. The number of aryl methyl sites for hydroxylation is 1. The zero-order valence-corrected chi connectivity index (χ0v) is 24.3. The Hall–Kier alpha value is -2.27. The van der Waals surface area contributed by atoms with E-state index >= 15 is 0 Å². The van der Waals surface area contributed by atoms with Crippen LogP contribution in [-0.2, 0) is 16.6 Å². The fourth-order valence-corrected chi connectivity index (χ4v) is 6.17. The molecule has 0 saturated carbocycles. The summed E-state index contributed by atoms with van der Waals surface area (Å²) in [5.41, 5.74) is 2.20. The van der Waals surface area contributed by atoms with Crippen molar-refractivity contribution in [3.8, 4) is 5.69 Å². The minimum absolute atomic E-state index is 0.188. The molecule has 0 aliphatic carbocycles. The normalized spacial score (nSPS) is 15.2. The van der Waals surface area contributed by atoms with Gasteiger partial charge in [0.15, 0.2) is 0 Å². The largest absolute Gasteiger partial charge is 0.354 e. The number of hydrogen-bond donors (Lipinski definition) is 0. The average Bonchev–Trinajstić information content (AvgIpc) is 3.18. The maximum absolute atomic E-state index is 14.2. The van der Waals surface area contributed by atoms with Crippen molar-refractivity contribution in [1.82, 2.24) is 19.0 Å². The Morgan fingerprint density at radius 1 is 1.08 bits per heavy atom. The van der Waals surface area contributed by atoms with E-state index in [0.29, 0.717) is 18.2 Å². The number of nitrogens with zero attached hydrogens (tertiary/aromatic N) is 5. The van der Waals surface area contributed by atoms with Gasteiger partial charge in [-0.15, -0.1) is 0 Å². The molecule has 1 aliphatic heterocycles. The third-order valence-corrected chi connectivity index (χ3v) is 9.14. The molecule has 0 bridgehead atoms. The third kappa shape index (κ3) is 6.42. The van der Waals surface area contributed by atoms with Crippen LogP contribution in [-0.4, -0.2) is 67.2 Å². The van der Waals surface area contributed by atoms with Gasteiger partial charge >= 0.3 is 0 Å². The molecule has 0 unspecified atom stereocenters. The van der Waals surface area contributed by atoms with Gasteiger partial charge in [0.1, 0.15) is 11.6 Å². The van der Waals surface area contributed by atoms with E-state index in [4.69, 9.17) is 5.10 Å². The molecule has 0 N–H and O–H groups in total. The van der Waals surface area contributed by atoms with Gasteiger partial charge in [-0.1, -0.05) is 35.8 Å². The highest BCUT2D eigenvalue weighted by Gasteiger charge is 2.30. The number of halogens is 2. The zero-order valence-electron chi connectivity index (χ0n) is 21.9. The van der Waals surface area contributed by atoms with Gasteiger partial charge in [0.25, 0.3) is 0 Å². The van der Waals surface area contributed by atoms with Crippen molar-refractivity contribution in [2.45, 2.75) is 38.6 Å². The van der Waals surface area contributed by atoms with Crippen LogP contribution in [0.2, 0.25) is 0 Å². The number of rotatable bonds is 9. The summed E-state index contributed by atoms with van der Waals surface area (Å²) in [4.78, 5) is 4.77. The Balaban J connectivity index is 1.80. The molecule has 1 aromatic heterocycles. The summed E-state index contributed by atoms with van der Waals surface area (Å²) in [6.07, 6.45) is 0.733. The average molecular weight is 593 g/mol. The monoisotopic (exact) mass is 591 g/mol. The Morgan fingerprint density at radius 2 is 1.76 bits per heavy atom. The van der Waals surface area contributed by atoms with Crippen LogP contribution in [0.15, 0.2) is 57.9 Å². The van der Waals surface area contributed by atoms with E-state index in [-0.39, 0.29) is 17.3 Å². The predicted octanol–water partition coefficient (Wildman–Crippen LogP) is 5.07. The molecule has 1 aliphatic rings. The molecule has 1 fully saturated rings. The highest BCUT2D eigenvalue weighted by molar-refractivity contribution is 9.10. The molecule has 2 heterocycles. The van der Waals surface area contributed by atoms with Crippen LogP contribution in [0.1, 0.15) is 31.5 Å². The minimum Gasteiger partial charge on any atom is -0.354 e. The van der Waals surface area contributed by atoms with E-state index in [2.05, 4.69) is 46.6 Å². The lowest BCUT2D eigenvalue weighted by molar-refractivity contribution is 0.310. The van der Waals surface area contributed by atoms with Gasteiger partial charge in [-0.3, -0.25) is 0 Å². The van der Waals surface area contributed by atoms with Crippen molar-refractivity contribution in [1.29, 1.82) is 0 Å². The summed E-state index contributed by atoms with van der Waals surface area (Å²) in [6, 6.07) is 13.1. The SMILES string of the molecule is Cc1nn(-c2cccc(F)c2)c(N2CCN(C)CC2)c1CN(CCC(C)C)S(=O)(=O)c1ccc(Br)cc1. The Morgan fingerprint density at radius 3 is 2.38 bits per heavy atom. The van der Waals surface area contributed by atoms with Crippen LogP contribution in [0.3, 0.4) is 0 Å². The van der Waals surface area contributed by atoms with Crippen LogP contribution < -0.4 is 4.90 Å². The van der Waals surface area contributed by atoms with Crippen molar-refractivity contribution in [3.63, 3.8) is 0 Å². The molecular formula is C27H35BrFN5O2S. The second kappa shape index (κ2) is 11.6. The highest BCUT2D eigenvalue weighted by atomic mass is 79.9. The lowest BCUT2D eigenvalue weighted by atomic mass is 10.1. The predicted molar refractivity (Wildman–Crippen MR) is 149 cm³/mol. The van der Waals surface area contributed by atoms with Crippen LogP contribution in [0.25, 0.3) is 5.69 Å². The Kier molecular flexibility index (Phi) is 8.73. The fraction of sp³-hybridized carbons (Fsp3) is 0.444. The van der Waals surface area contributed by atoms with Gasteiger partial charge in [0, 0.05) is 49.3 Å². The van der Waals surface area contributed by atoms with Gasteiger partial charge < -0.3 is 9.80 Å². The molecule has 1 saturated heterocycles. The molecule has 3 aromatic rings. The number of hydrogen-bond acceptors (Lipinski definition) is 5. The Labute approximate surface area is 228 Å². The summed E-state index contributed by atoms with van der Waals surface area (Å²) in [6.45, 7) is 9.96. The molecule has 0 radical (unpaired) electrons. The molecule has 7 nitrogen and oxygen atoms in total. The third-order valence-electron chi connectivity index (χ3n) is 6.75. The van der Waals surface area contributed by atoms with Crippen LogP contribution in [0.5, 0.6) is 0 Å². The molecule has 37 heavy (non-hydrogen) atoms. The Bertz CT molecular complexity index is 1320. The smallest absolute Gasteiger partial charge is 0.243 e. The van der Waals surface area contributed by atoms with Crippen LogP contribution in [0, 0.1) is 18.7 Å². The minimum atomic E-state index is -3.76. The molecular weight excluding hydrogens is 557 g/mol. The molecule has 0 atom stereocenters. The number of anilines is 1. The molecule has 0 amide bonds. The van der Waals surface area contributed by atoms with E-state index in [1.807, 2.05) is 13.0 Å². The van der Waals surface area contributed by atoms with E-state index in [9.17, 15) is 12.8 Å². The molecule has 2 aromatic carbocycles. The number of benzene rings is 2. The first kappa shape index (κ1) is 27.8. The van der Waals surface area contributed by atoms with E-state index in [1.165, 1.54) is 12.1 Å². The molecule has 0 spiro atoms. The maximum atomic E-state index is 14.2. The van der Waals surface area contributed by atoms with Crippen molar-refractivity contribution in [2.75, 3.05) is 44.7 Å². The molecule has 10 heteroatoms. The first-order chi connectivity index (χ1) is 17.6. The van der Waals surface area contributed by atoms with Gasteiger partial charge in [-0.25, -0.2) is 17.5 Å². The van der Waals surface area contributed by atoms with Gasteiger partial charge in [-0.05, 0) is 68.8 Å². The van der Waals surface area contributed by atoms with Gasteiger partial charge in [0.2, 0.25) is 10.0 Å². The van der Waals surface area contributed by atoms with Crippen molar-refractivity contribution < 1.29 is 12.8 Å². The lowest BCUT2D eigenvalue weighted by Gasteiger charge is -2.35.